The lowest BCUT2D eigenvalue weighted by atomic mass is 10.2. The molecule has 0 fully saturated rings. The Bertz CT molecular complexity index is 1010. The van der Waals surface area contributed by atoms with E-state index in [1.165, 1.54) is 11.3 Å². The number of fused-ring (bicyclic) bond motifs is 1. The lowest BCUT2D eigenvalue weighted by Crippen LogP contribution is -2.21. The first-order valence-electron chi connectivity index (χ1n) is 7.84. The number of nitrogens with one attached hydrogen (secondary N) is 2. The van der Waals surface area contributed by atoms with Crippen LogP contribution in [0.5, 0.6) is 5.75 Å². The molecule has 0 atom stereocenters. The van der Waals surface area contributed by atoms with Gasteiger partial charge in [-0.1, -0.05) is 17.4 Å². The average molecular weight is 428 g/mol. The van der Waals surface area contributed by atoms with Crippen LogP contribution in [0.15, 0.2) is 36.7 Å². The highest BCUT2D eigenvalue weighted by Gasteiger charge is 2.38. The summed E-state index contributed by atoms with van der Waals surface area (Å²) in [5.74, 6) is -2.06. The SMILES string of the molecule is COc1ccc(C)c2sc(NC(=O)Nc3ccncc3)nc12.O=C(O)C(F)(F)F. The largest absolute Gasteiger partial charge is 0.494 e. The van der Waals surface area contributed by atoms with Gasteiger partial charge in [-0.2, -0.15) is 13.2 Å². The molecule has 0 aliphatic heterocycles. The standard InChI is InChI=1S/C15H14N4O2S.C2HF3O2/c1-9-3-4-11(21-2)12-13(9)22-15(18-12)19-14(20)17-10-5-7-16-8-6-10;3-2(4,5)1(6)7/h3-8H,1-2H3,(H2,16,17,18,19,20);(H,6,7). The fourth-order valence-corrected chi connectivity index (χ4v) is 2.97. The predicted octanol–water partition coefficient (Wildman–Crippen LogP) is 4.29. The Morgan fingerprint density at radius 1 is 1.14 bits per heavy atom. The van der Waals surface area contributed by atoms with Gasteiger partial charge in [0.25, 0.3) is 0 Å². The molecule has 0 unspecified atom stereocenters. The van der Waals surface area contributed by atoms with Crippen LogP contribution >= 0.6 is 11.3 Å². The number of thiazole rings is 1. The first-order chi connectivity index (χ1) is 13.6. The molecule has 2 heterocycles. The van der Waals surface area contributed by atoms with E-state index in [1.807, 2.05) is 19.1 Å². The third kappa shape index (κ3) is 6.04. The summed E-state index contributed by atoms with van der Waals surface area (Å²) in [6, 6.07) is 6.93. The van der Waals surface area contributed by atoms with Crippen LogP contribution in [0.1, 0.15) is 5.56 Å². The molecule has 2 amide bonds. The van der Waals surface area contributed by atoms with Crippen LogP contribution < -0.4 is 15.4 Å². The predicted molar refractivity (Wildman–Crippen MR) is 101 cm³/mol. The van der Waals surface area contributed by atoms with Gasteiger partial charge >= 0.3 is 18.2 Å². The van der Waals surface area contributed by atoms with E-state index in [-0.39, 0.29) is 6.03 Å². The summed E-state index contributed by atoms with van der Waals surface area (Å²) in [5, 5.41) is 13.1. The first-order valence-corrected chi connectivity index (χ1v) is 8.65. The summed E-state index contributed by atoms with van der Waals surface area (Å²) in [7, 11) is 1.60. The maximum atomic E-state index is 12.0. The number of carbonyl (C=O) groups excluding carboxylic acids is 1. The average Bonchev–Trinajstić information content (AvgIpc) is 3.07. The van der Waals surface area contributed by atoms with Crippen LogP contribution in [0, 0.1) is 6.92 Å². The van der Waals surface area contributed by atoms with Gasteiger partial charge in [-0.3, -0.25) is 10.3 Å². The number of urea groups is 1. The molecule has 0 spiro atoms. The summed E-state index contributed by atoms with van der Waals surface area (Å²) < 4.78 is 38.0. The van der Waals surface area contributed by atoms with Gasteiger partial charge in [-0.05, 0) is 30.7 Å². The molecule has 1 aromatic carbocycles. The summed E-state index contributed by atoms with van der Waals surface area (Å²) in [6.45, 7) is 2.00. The molecule has 12 heteroatoms. The van der Waals surface area contributed by atoms with Crippen molar-refractivity contribution in [2.24, 2.45) is 0 Å². The summed E-state index contributed by atoms with van der Waals surface area (Å²) in [4.78, 5) is 29.2. The number of aryl methyl sites for hydroxylation is 1. The number of nitrogens with zero attached hydrogens (tertiary/aromatic N) is 2. The number of aromatic nitrogens is 2. The van der Waals surface area contributed by atoms with Gasteiger partial charge in [-0.25, -0.2) is 14.6 Å². The van der Waals surface area contributed by atoms with Crippen LogP contribution in [0.3, 0.4) is 0 Å². The van der Waals surface area contributed by atoms with Crippen molar-refractivity contribution < 1.29 is 32.6 Å². The summed E-state index contributed by atoms with van der Waals surface area (Å²) in [6.07, 6.45) is -1.86. The Morgan fingerprint density at radius 3 is 2.31 bits per heavy atom. The van der Waals surface area contributed by atoms with Crippen molar-refractivity contribution in [1.29, 1.82) is 0 Å². The van der Waals surface area contributed by atoms with E-state index in [1.54, 1.807) is 31.6 Å². The van der Waals surface area contributed by atoms with Crippen molar-refractivity contribution in [3.63, 3.8) is 0 Å². The Labute approximate surface area is 166 Å². The normalized spacial score (nSPS) is 10.7. The van der Waals surface area contributed by atoms with E-state index in [4.69, 9.17) is 14.6 Å². The number of anilines is 2. The van der Waals surface area contributed by atoms with Crippen molar-refractivity contribution in [2.45, 2.75) is 13.1 Å². The molecule has 3 rings (SSSR count). The molecule has 2 aromatic heterocycles. The minimum atomic E-state index is -5.08. The Balaban J connectivity index is 0.000000370. The van der Waals surface area contributed by atoms with Crippen LogP contribution in [0.2, 0.25) is 0 Å². The minimum Gasteiger partial charge on any atom is -0.494 e. The topological polar surface area (TPSA) is 113 Å². The molecule has 0 saturated carbocycles. The Morgan fingerprint density at radius 2 is 1.76 bits per heavy atom. The first kappa shape index (κ1) is 21.9. The molecule has 8 nitrogen and oxygen atoms in total. The molecule has 3 aromatic rings. The number of hydrogen-bond acceptors (Lipinski definition) is 6. The number of hydrogen-bond donors (Lipinski definition) is 3. The highest BCUT2D eigenvalue weighted by molar-refractivity contribution is 7.22. The van der Waals surface area contributed by atoms with Gasteiger partial charge in [-0.15, -0.1) is 0 Å². The Hall–Kier alpha value is -3.41. The number of benzene rings is 1. The Kier molecular flexibility index (Phi) is 6.93. The molecule has 29 heavy (non-hydrogen) atoms. The number of amides is 2. The zero-order chi connectivity index (χ0) is 21.6. The second-order valence-corrected chi connectivity index (χ2v) is 6.40. The number of aliphatic carboxylic acids is 1. The molecule has 0 saturated heterocycles. The summed E-state index contributed by atoms with van der Waals surface area (Å²) in [5.41, 5.74) is 2.52. The number of methoxy groups -OCH3 is 1. The lowest BCUT2D eigenvalue weighted by Gasteiger charge is -2.04. The highest BCUT2D eigenvalue weighted by Crippen LogP contribution is 2.34. The van der Waals surface area contributed by atoms with E-state index in [9.17, 15) is 18.0 Å². The number of ether oxygens (including phenoxy) is 1. The van der Waals surface area contributed by atoms with Crippen LogP contribution in [-0.2, 0) is 4.79 Å². The molecular formula is C17H15F3N4O4S. The van der Waals surface area contributed by atoms with Gasteiger partial charge in [0.2, 0.25) is 0 Å². The molecule has 0 radical (unpaired) electrons. The lowest BCUT2D eigenvalue weighted by molar-refractivity contribution is -0.192. The van der Waals surface area contributed by atoms with Crippen molar-refractivity contribution >= 4 is 44.4 Å². The monoisotopic (exact) mass is 428 g/mol. The smallest absolute Gasteiger partial charge is 0.490 e. The fraction of sp³-hybridized carbons (Fsp3) is 0.176. The molecule has 0 bridgehead atoms. The van der Waals surface area contributed by atoms with Gasteiger partial charge in [0, 0.05) is 18.1 Å². The van der Waals surface area contributed by atoms with Crippen molar-refractivity contribution in [1.82, 2.24) is 9.97 Å². The number of carboxylic acids is 1. The fourth-order valence-electron chi connectivity index (χ4n) is 2.02. The van der Waals surface area contributed by atoms with Gasteiger partial charge in [0.15, 0.2) is 5.13 Å². The van der Waals surface area contributed by atoms with E-state index in [0.29, 0.717) is 16.6 Å². The molecule has 3 N–H and O–H groups in total. The number of carboxylic acid groups (broad SMARTS) is 1. The third-order valence-electron chi connectivity index (χ3n) is 3.32. The zero-order valence-electron chi connectivity index (χ0n) is 15.1. The second-order valence-electron chi connectivity index (χ2n) is 5.40. The van der Waals surface area contributed by atoms with Gasteiger partial charge < -0.3 is 15.2 Å². The maximum absolute atomic E-state index is 12.0. The highest BCUT2D eigenvalue weighted by atomic mass is 32.1. The number of carbonyl (C=O) groups is 2. The zero-order valence-corrected chi connectivity index (χ0v) is 15.9. The third-order valence-corrected chi connectivity index (χ3v) is 4.43. The second kappa shape index (κ2) is 9.19. The van der Waals surface area contributed by atoms with Crippen molar-refractivity contribution in [3.05, 3.63) is 42.2 Å². The summed E-state index contributed by atoms with van der Waals surface area (Å²) >= 11 is 1.42. The number of halogens is 3. The van der Waals surface area contributed by atoms with Crippen LogP contribution in [-0.4, -0.2) is 40.4 Å². The molecular weight excluding hydrogens is 413 g/mol. The van der Waals surface area contributed by atoms with Crippen molar-refractivity contribution in [2.75, 3.05) is 17.7 Å². The molecule has 154 valence electrons. The van der Waals surface area contributed by atoms with Crippen LogP contribution in [0.4, 0.5) is 28.8 Å². The number of alkyl halides is 3. The quantitative estimate of drug-likeness (QED) is 0.574. The number of pyridine rings is 1. The van der Waals surface area contributed by atoms with Gasteiger partial charge in [0.05, 0.1) is 11.8 Å². The molecule has 0 aliphatic carbocycles. The van der Waals surface area contributed by atoms with Crippen molar-refractivity contribution in [3.8, 4) is 5.75 Å². The van der Waals surface area contributed by atoms with Crippen LogP contribution in [0.25, 0.3) is 10.2 Å². The van der Waals surface area contributed by atoms with E-state index >= 15 is 0 Å². The van der Waals surface area contributed by atoms with Gasteiger partial charge in [0.1, 0.15) is 11.3 Å². The van der Waals surface area contributed by atoms with E-state index in [2.05, 4.69) is 20.6 Å². The maximum Gasteiger partial charge on any atom is 0.490 e. The van der Waals surface area contributed by atoms with E-state index < -0.39 is 12.1 Å². The number of rotatable bonds is 3. The van der Waals surface area contributed by atoms with E-state index in [0.717, 1.165) is 15.8 Å². The minimum absolute atomic E-state index is 0.345. The molecule has 0 aliphatic rings.